The van der Waals surface area contributed by atoms with Crippen LogP contribution in [0.3, 0.4) is 0 Å². The number of rotatable bonds is 5. The monoisotopic (exact) mass is 470 g/mol. The van der Waals surface area contributed by atoms with Gasteiger partial charge in [0.2, 0.25) is 0 Å². The molecular weight excluding hydrogens is 449 g/mol. The first-order valence-corrected chi connectivity index (χ1v) is 11.4. The van der Waals surface area contributed by atoms with Crippen LogP contribution in [0.4, 0.5) is 24.5 Å². The zero-order valence-electron chi connectivity index (χ0n) is 17.1. The van der Waals surface area contributed by atoms with E-state index in [9.17, 15) is 36.5 Å². The normalized spacial score (nSPS) is 19.5. The molecule has 2 aromatic rings. The van der Waals surface area contributed by atoms with E-state index in [0.29, 0.717) is 31.6 Å². The summed E-state index contributed by atoms with van der Waals surface area (Å²) in [5.74, 6) is -0.499. The highest BCUT2D eigenvalue weighted by molar-refractivity contribution is 7.92. The first kappa shape index (κ1) is 23.7. The number of halogens is 3. The van der Waals surface area contributed by atoms with Gasteiger partial charge < -0.3 is 5.73 Å². The van der Waals surface area contributed by atoms with Gasteiger partial charge in [-0.05, 0) is 49.8 Å². The van der Waals surface area contributed by atoms with Crippen LogP contribution in [-0.2, 0) is 16.0 Å². The molecule has 0 saturated heterocycles. The van der Waals surface area contributed by atoms with Crippen LogP contribution in [0.5, 0.6) is 0 Å². The number of alkyl halides is 3. The quantitative estimate of drug-likeness (QED) is 0.291. The number of nitrogens with two attached hydrogens (primary N) is 1. The minimum absolute atomic E-state index is 0.159. The Balaban J connectivity index is 2.08. The number of nitrogens with zero attached hydrogens (tertiary/aromatic N) is 1. The molecule has 1 aliphatic rings. The van der Waals surface area contributed by atoms with Crippen molar-refractivity contribution in [2.24, 2.45) is 5.92 Å². The summed E-state index contributed by atoms with van der Waals surface area (Å²) in [4.78, 5) is 22.8. The molecule has 32 heavy (non-hydrogen) atoms. The topological polar surface area (TPSA) is 120 Å². The number of ketones is 1. The van der Waals surface area contributed by atoms with Gasteiger partial charge in [-0.15, -0.1) is 0 Å². The van der Waals surface area contributed by atoms with Crippen molar-refractivity contribution in [2.75, 3.05) is 5.73 Å². The fraction of sp³-hybridized carbons (Fsp3) is 0.381. The molecule has 2 aromatic carbocycles. The molecule has 1 fully saturated rings. The van der Waals surface area contributed by atoms with Gasteiger partial charge in [0, 0.05) is 17.2 Å². The Morgan fingerprint density at radius 2 is 1.62 bits per heavy atom. The van der Waals surface area contributed by atoms with E-state index in [2.05, 4.69) is 0 Å². The minimum Gasteiger partial charge on any atom is -0.397 e. The number of carbonyl (C=O) groups excluding carboxylic acids is 1. The SMILES string of the molecule is CC1CCC(S(=O)(=O)c2c([N+](=O)[O-])ccc(C(=O)c3ccc(C(F)(F)F)cc3)c2N)CC1. The molecule has 0 spiro atoms. The van der Waals surface area contributed by atoms with Gasteiger partial charge in [0.1, 0.15) is 0 Å². The number of carbonyl (C=O) groups is 1. The summed E-state index contributed by atoms with van der Waals surface area (Å²) < 4.78 is 64.9. The zero-order valence-corrected chi connectivity index (χ0v) is 17.9. The Kier molecular flexibility index (Phi) is 6.32. The average Bonchev–Trinajstić information content (AvgIpc) is 2.72. The summed E-state index contributed by atoms with van der Waals surface area (Å²) in [6, 6.07) is 5.25. The highest BCUT2D eigenvalue weighted by atomic mass is 32.2. The molecule has 7 nitrogen and oxygen atoms in total. The molecule has 3 rings (SSSR count). The Morgan fingerprint density at radius 3 is 2.12 bits per heavy atom. The molecular formula is C21H21F3N2O5S. The molecule has 2 N–H and O–H groups in total. The molecule has 0 atom stereocenters. The predicted octanol–water partition coefficient (Wildman–Crippen LogP) is 4.78. The third-order valence-corrected chi connectivity index (χ3v) is 8.12. The molecule has 0 aromatic heterocycles. The van der Waals surface area contributed by atoms with Gasteiger partial charge in [-0.3, -0.25) is 14.9 Å². The van der Waals surface area contributed by atoms with Crippen LogP contribution < -0.4 is 5.73 Å². The van der Waals surface area contributed by atoms with Crippen LogP contribution in [0.1, 0.15) is 54.1 Å². The lowest BCUT2D eigenvalue weighted by atomic mass is 9.91. The van der Waals surface area contributed by atoms with Crippen LogP contribution in [0.25, 0.3) is 0 Å². The van der Waals surface area contributed by atoms with Crippen LogP contribution >= 0.6 is 0 Å². The van der Waals surface area contributed by atoms with Gasteiger partial charge in [-0.1, -0.05) is 19.1 Å². The van der Waals surface area contributed by atoms with Gasteiger partial charge in [0.25, 0.3) is 5.69 Å². The largest absolute Gasteiger partial charge is 0.416 e. The van der Waals surface area contributed by atoms with E-state index in [1.165, 1.54) is 0 Å². The van der Waals surface area contributed by atoms with Crippen molar-refractivity contribution in [2.45, 2.75) is 48.9 Å². The number of benzene rings is 2. The molecule has 172 valence electrons. The molecule has 0 heterocycles. The summed E-state index contributed by atoms with van der Waals surface area (Å²) in [6.45, 7) is 1.99. The lowest BCUT2D eigenvalue weighted by Gasteiger charge is -2.26. The second-order valence-electron chi connectivity index (χ2n) is 7.96. The lowest BCUT2D eigenvalue weighted by molar-refractivity contribution is -0.387. The van der Waals surface area contributed by atoms with Crippen molar-refractivity contribution in [1.82, 2.24) is 0 Å². The maximum absolute atomic E-state index is 13.3. The fourth-order valence-corrected chi connectivity index (χ4v) is 5.98. The van der Waals surface area contributed by atoms with E-state index in [0.717, 1.165) is 36.4 Å². The van der Waals surface area contributed by atoms with Crippen LogP contribution in [0, 0.1) is 16.0 Å². The molecule has 0 aliphatic heterocycles. The molecule has 1 saturated carbocycles. The highest BCUT2D eigenvalue weighted by Crippen LogP contribution is 2.40. The average molecular weight is 470 g/mol. The number of hydrogen-bond acceptors (Lipinski definition) is 6. The summed E-state index contributed by atoms with van der Waals surface area (Å²) in [7, 11) is -4.22. The molecule has 1 aliphatic carbocycles. The minimum atomic E-state index is -4.59. The number of hydrogen-bond donors (Lipinski definition) is 1. The second kappa shape index (κ2) is 8.53. The van der Waals surface area contributed by atoms with Crippen LogP contribution in [0.2, 0.25) is 0 Å². The summed E-state index contributed by atoms with van der Waals surface area (Å²) in [5.41, 5.74) is 3.26. The lowest BCUT2D eigenvalue weighted by Crippen LogP contribution is -2.28. The van der Waals surface area contributed by atoms with E-state index in [-0.39, 0.29) is 11.1 Å². The Hall–Kier alpha value is -2.95. The predicted molar refractivity (Wildman–Crippen MR) is 111 cm³/mol. The van der Waals surface area contributed by atoms with E-state index in [1.807, 2.05) is 6.92 Å². The van der Waals surface area contributed by atoms with Crippen molar-refractivity contribution in [3.63, 3.8) is 0 Å². The first-order chi connectivity index (χ1) is 14.8. The number of sulfone groups is 1. The Labute approximate surface area is 182 Å². The standard InChI is InChI=1S/C21H21F3N2O5S/c1-12-2-8-15(9-3-12)32(30,31)20-17(26(28)29)11-10-16(18(20)25)19(27)13-4-6-14(7-5-13)21(22,23)24/h4-7,10-12,15H,2-3,8-9,25H2,1H3. The van der Waals surface area contributed by atoms with Gasteiger partial charge in [0.05, 0.1) is 21.4 Å². The fourth-order valence-electron chi connectivity index (χ4n) is 3.90. The van der Waals surface area contributed by atoms with E-state index >= 15 is 0 Å². The van der Waals surface area contributed by atoms with E-state index in [1.54, 1.807) is 0 Å². The van der Waals surface area contributed by atoms with Crippen molar-refractivity contribution < 1.29 is 31.3 Å². The highest BCUT2D eigenvalue weighted by Gasteiger charge is 2.39. The van der Waals surface area contributed by atoms with Gasteiger partial charge in [-0.25, -0.2) is 8.42 Å². The van der Waals surface area contributed by atoms with Crippen molar-refractivity contribution in [1.29, 1.82) is 0 Å². The van der Waals surface area contributed by atoms with E-state index < -0.39 is 53.8 Å². The Morgan fingerprint density at radius 1 is 1.06 bits per heavy atom. The summed E-state index contributed by atoms with van der Waals surface area (Å²) in [6.07, 6.45) is -2.68. The molecule has 0 amide bonds. The zero-order chi connectivity index (χ0) is 23.8. The van der Waals surface area contributed by atoms with Gasteiger partial charge in [-0.2, -0.15) is 13.2 Å². The van der Waals surface area contributed by atoms with Crippen molar-refractivity contribution in [3.8, 4) is 0 Å². The molecule has 0 radical (unpaired) electrons. The molecule has 11 heteroatoms. The van der Waals surface area contributed by atoms with Gasteiger partial charge in [0.15, 0.2) is 20.5 Å². The third-order valence-electron chi connectivity index (χ3n) is 5.78. The number of nitrogen functional groups attached to an aromatic ring is 1. The smallest absolute Gasteiger partial charge is 0.397 e. The van der Waals surface area contributed by atoms with E-state index in [4.69, 9.17) is 5.73 Å². The maximum atomic E-state index is 13.3. The summed E-state index contributed by atoms with van der Waals surface area (Å²) >= 11 is 0. The van der Waals surface area contributed by atoms with Crippen LogP contribution in [-0.4, -0.2) is 24.4 Å². The second-order valence-corrected chi connectivity index (χ2v) is 10.1. The number of anilines is 1. The number of nitro groups is 1. The maximum Gasteiger partial charge on any atom is 0.416 e. The van der Waals surface area contributed by atoms with Gasteiger partial charge >= 0.3 is 6.18 Å². The number of nitro benzene ring substituents is 1. The molecule has 0 bridgehead atoms. The van der Waals surface area contributed by atoms with Crippen LogP contribution in [0.15, 0.2) is 41.3 Å². The van der Waals surface area contributed by atoms with Crippen molar-refractivity contribution in [3.05, 3.63) is 63.2 Å². The summed E-state index contributed by atoms with van der Waals surface area (Å²) in [5, 5.41) is 10.7. The first-order valence-electron chi connectivity index (χ1n) is 9.86. The van der Waals surface area contributed by atoms with Crippen molar-refractivity contribution >= 4 is 27.0 Å². The Bertz CT molecular complexity index is 1150. The molecule has 0 unspecified atom stereocenters. The third kappa shape index (κ3) is 4.47.